The number of phenolic OH excluding ortho intramolecular Hbond substituents is 1. The fourth-order valence-corrected chi connectivity index (χ4v) is 1.86. The van der Waals surface area contributed by atoms with Gasteiger partial charge in [-0.05, 0) is 12.8 Å². The fourth-order valence-electron chi connectivity index (χ4n) is 1.86. The van der Waals surface area contributed by atoms with Crippen molar-refractivity contribution in [2.45, 2.75) is 18.3 Å². The van der Waals surface area contributed by atoms with Crippen LogP contribution in [0.1, 0.15) is 18.4 Å². The highest BCUT2D eigenvalue weighted by Crippen LogP contribution is 2.52. The second-order valence-electron chi connectivity index (χ2n) is 3.89. The molecule has 0 unspecified atom stereocenters. The maximum atomic E-state index is 13.7. The lowest BCUT2D eigenvalue weighted by atomic mass is 9.94. The number of aliphatic carboxylic acids is 1. The van der Waals surface area contributed by atoms with E-state index in [1.807, 2.05) is 0 Å². The Hall–Kier alpha value is -1.78. The van der Waals surface area contributed by atoms with E-state index in [9.17, 15) is 14.3 Å². The molecule has 1 aromatic rings. The van der Waals surface area contributed by atoms with Crippen molar-refractivity contribution >= 4 is 5.97 Å². The quantitative estimate of drug-likeness (QED) is 0.822. The van der Waals surface area contributed by atoms with Crippen LogP contribution >= 0.6 is 0 Å². The van der Waals surface area contributed by atoms with Gasteiger partial charge in [0.15, 0.2) is 0 Å². The summed E-state index contributed by atoms with van der Waals surface area (Å²) < 4.78 is 18.5. The van der Waals surface area contributed by atoms with E-state index in [1.54, 1.807) is 0 Å². The highest BCUT2D eigenvalue weighted by Gasteiger charge is 2.55. The molecule has 2 N–H and O–H groups in total. The monoisotopic (exact) mass is 226 g/mol. The van der Waals surface area contributed by atoms with Crippen LogP contribution in [0.4, 0.5) is 4.39 Å². The fraction of sp³-hybridized carbons (Fsp3) is 0.364. The zero-order valence-electron chi connectivity index (χ0n) is 8.66. The van der Waals surface area contributed by atoms with Crippen LogP contribution in [0, 0.1) is 5.82 Å². The third-order valence-electron chi connectivity index (χ3n) is 2.92. The van der Waals surface area contributed by atoms with Gasteiger partial charge in [-0.2, -0.15) is 0 Å². The molecule has 0 aromatic heterocycles. The number of methoxy groups -OCH3 is 1. The molecule has 4 nitrogen and oxygen atoms in total. The van der Waals surface area contributed by atoms with Gasteiger partial charge in [-0.25, -0.2) is 4.39 Å². The maximum absolute atomic E-state index is 13.7. The molecule has 1 saturated carbocycles. The summed E-state index contributed by atoms with van der Waals surface area (Å²) in [5, 5.41) is 18.7. The van der Waals surface area contributed by atoms with E-state index >= 15 is 0 Å². The molecule has 0 saturated heterocycles. The van der Waals surface area contributed by atoms with Gasteiger partial charge in [0.2, 0.25) is 0 Å². The van der Waals surface area contributed by atoms with Crippen LogP contribution in [0.3, 0.4) is 0 Å². The molecule has 2 rings (SSSR count). The molecule has 0 radical (unpaired) electrons. The Labute approximate surface area is 91.3 Å². The molecule has 0 spiro atoms. The summed E-state index contributed by atoms with van der Waals surface area (Å²) in [6.45, 7) is 0. The normalized spacial score (nSPS) is 16.9. The van der Waals surface area contributed by atoms with Crippen molar-refractivity contribution in [1.82, 2.24) is 0 Å². The molecule has 1 fully saturated rings. The second kappa shape index (κ2) is 3.37. The number of carboxylic acids is 1. The van der Waals surface area contributed by atoms with Crippen LogP contribution in [-0.2, 0) is 10.2 Å². The number of carboxylic acid groups (broad SMARTS) is 1. The smallest absolute Gasteiger partial charge is 0.314 e. The molecule has 16 heavy (non-hydrogen) atoms. The zero-order valence-corrected chi connectivity index (χ0v) is 8.66. The van der Waals surface area contributed by atoms with Gasteiger partial charge in [-0.15, -0.1) is 0 Å². The maximum Gasteiger partial charge on any atom is 0.314 e. The van der Waals surface area contributed by atoms with Gasteiger partial charge in [0.25, 0.3) is 0 Å². The molecule has 5 heteroatoms. The molecule has 1 aliphatic carbocycles. The largest absolute Gasteiger partial charge is 0.507 e. The first-order valence-electron chi connectivity index (χ1n) is 4.81. The van der Waals surface area contributed by atoms with Crippen molar-refractivity contribution in [3.63, 3.8) is 0 Å². The highest BCUT2D eigenvalue weighted by atomic mass is 19.1. The number of ether oxygens (including phenoxy) is 1. The van der Waals surface area contributed by atoms with Crippen molar-refractivity contribution < 1.29 is 24.1 Å². The Morgan fingerprint density at radius 3 is 2.50 bits per heavy atom. The summed E-state index contributed by atoms with van der Waals surface area (Å²) in [6.07, 6.45) is 0.693. The number of aromatic hydroxyl groups is 1. The first kappa shape index (κ1) is 10.7. The van der Waals surface area contributed by atoms with E-state index in [4.69, 9.17) is 9.84 Å². The van der Waals surface area contributed by atoms with Gasteiger partial charge >= 0.3 is 5.97 Å². The van der Waals surface area contributed by atoms with Crippen molar-refractivity contribution in [2.24, 2.45) is 0 Å². The lowest BCUT2D eigenvalue weighted by molar-refractivity contribution is -0.140. The van der Waals surface area contributed by atoms with Crippen LogP contribution in [0.2, 0.25) is 0 Å². The van der Waals surface area contributed by atoms with E-state index in [1.165, 1.54) is 13.2 Å². The van der Waals surface area contributed by atoms with Crippen LogP contribution in [0.5, 0.6) is 11.5 Å². The highest BCUT2D eigenvalue weighted by molar-refractivity contribution is 5.86. The number of rotatable bonds is 3. The minimum absolute atomic E-state index is 0.138. The zero-order chi connectivity index (χ0) is 11.9. The Morgan fingerprint density at radius 2 is 2.12 bits per heavy atom. The number of benzene rings is 1. The van der Waals surface area contributed by atoms with Crippen LogP contribution in [0.25, 0.3) is 0 Å². The summed E-state index contributed by atoms with van der Waals surface area (Å²) in [6, 6.07) is 2.31. The molecule has 0 atom stereocenters. The van der Waals surface area contributed by atoms with E-state index in [0.29, 0.717) is 12.8 Å². The Morgan fingerprint density at radius 1 is 1.50 bits per heavy atom. The third kappa shape index (κ3) is 1.39. The van der Waals surface area contributed by atoms with E-state index in [-0.39, 0.29) is 17.1 Å². The van der Waals surface area contributed by atoms with Crippen LogP contribution in [0.15, 0.2) is 12.1 Å². The summed E-state index contributed by atoms with van der Waals surface area (Å²) in [4.78, 5) is 11.0. The molecule has 1 aliphatic rings. The number of carbonyl (C=O) groups is 1. The lowest BCUT2D eigenvalue weighted by Gasteiger charge is -2.14. The Bertz CT molecular complexity index is 428. The van der Waals surface area contributed by atoms with Crippen LogP contribution < -0.4 is 4.74 Å². The molecule has 86 valence electrons. The molecule has 0 amide bonds. The lowest BCUT2D eigenvalue weighted by Crippen LogP contribution is -2.21. The second-order valence-corrected chi connectivity index (χ2v) is 3.89. The van der Waals surface area contributed by atoms with Gasteiger partial charge in [0.1, 0.15) is 17.3 Å². The molecule has 0 aliphatic heterocycles. The Kier molecular flexibility index (Phi) is 2.26. The average molecular weight is 226 g/mol. The first-order valence-corrected chi connectivity index (χ1v) is 4.81. The number of hydrogen-bond donors (Lipinski definition) is 2. The Balaban J connectivity index is 2.54. The number of phenols is 1. The summed E-state index contributed by atoms with van der Waals surface area (Å²) >= 11 is 0. The molecule has 0 heterocycles. The summed E-state index contributed by atoms with van der Waals surface area (Å²) in [5.74, 6) is -2.04. The van der Waals surface area contributed by atoms with E-state index in [2.05, 4.69) is 0 Å². The van der Waals surface area contributed by atoms with Crippen LogP contribution in [-0.4, -0.2) is 23.3 Å². The van der Waals surface area contributed by atoms with Gasteiger partial charge in [-0.3, -0.25) is 4.79 Å². The summed E-state index contributed by atoms with van der Waals surface area (Å²) in [5.41, 5.74) is -1.39. The minimum Gasteiger partial charge on any atom is -0.507 e. The molecular weight excluding hydrogens is 215 g/mol. The first-order chi connectivity index (χ1) is 7.51. The van der Waals surface area contributed by atoms with Gasteiger partial charge in [0.05, 0.1) is 12.5 Å². The number of hydrogen-bond acceptors (Lipinski definition) is 3. The van der Waals surface area contributed by atoms with Crippen molar-refractivity contribution in [3.05, 3.63) is 23.5 Å². The van der Waals surface area contributed by atoms with Crippen molar-refractivity contribution in [3.8, 4) is 11.5 Å². The predicted molar refractivity (Wildman–Crippen MR) is 53.2 cm³/mol. The minimum atomic E-state index is -1.25. The topological polar surface area (TPSA) is 66.8 Å². The predicted octanol–water partition coefficient (Wildman–Crippen LogP) is 1.66. The molecular formula is C11H11FO4. The molecule has 1 aromatic carbocycles. The third-order valence-corrected chi connectivity index (χ3v) is 2.92. The standard InChI is InChI=1S/C11H11FO4/c1-16-6-4-7(12)9(8(13)5-6)11(2-3-11)10(14)15/h4-5,13H,2-3H2,1H3,(H,14,15). The summed E-state index contributed by atoms with van der Waals surface area (Å²) in [7, 11) is 1.35. The molecule has 0 bridgehead atoms. The average Bonchev–Trinajstić information content (AvgIpc) is 2.98. The van der Waals surface area contributed by atoms with Crippen molar-refractivity contribution in [1.29, 1.82) is 0 Å². The van der Waals surface area contributed by atoms with Crippen molar-refractivity contribution in [2.75, 3.05) is 7.11 Å². The van der Waals surface area contributed by atoms with Gasteiger partial charge < -0.3 is 14.9 Å². The number of halogens is 1. The van der Waals surface area contributed by atoms with E-state index in [0.717, 1.165) is 6.07 Å². The SMILES string of the molecule is COc1cc(O)c(C2(C(=O)O)CC2)c(F)c1. The van der Waals surface area contributed by atoms with Gasteiger partial charge in [0, 0.05) is 17.7 Å². The van der Waals surface area contributed by atoms with Gasteiger partial charge in [-0.1, -0.05) is 0 Å². The van der Waals surface area contributed by atoms with E-state index < -0.39 is 17.2 Å².